The van der Waals surface area contributed by atoms with E-state index in [9.17, 15) is 9.59 Å². The molecule has 0 unspecified atom stereocenters. The van der Waals surface area contributed by atoms with Crippen molar-refractivity contribution < 1.29 is 14.3 Å². The van der Waals surface area contributed by atoms with Gasteiger partial charge in [-0.25, -0.2) is 0 Å². The first kappa shape index (κ1) is 23.9. The highest BCUT2D eigenvalue weighted by atomic mass is 32.1. The first-order valence-corrected chi connectivity index (χ1v) is 14.1. The third kappa shape index (κ3) is 5.42. The SMILES string of the molecule is O=C(NCC1CC1)c1c(NC(=O)C2CC2)sc2c1C[C@H](n1cnnc1NCCN1CCOCC1)CC2. The molecule has 36 heavy (non-hydrogen) atoms. The monoisotopic (exact) mass is 513 g/mol. The van der Waals surface area contributed by atoms with Crippen LogP contribution in [0.15, 0.2) is 6.33 Å². The first-order chi connectivity index (χ1) is 17.7. The standard InChI is InChI=1S/C25H35N7O3S/c33-22(17-3-4-17)29-24-21(23(34)27-14-16-1-2-16)19-13-18(5-6-20(19)36-24)32-15-28-30-25(32)26-7-8-31-9-11-35-12-10-31/h15-18H,1-14H2,(H,26,30)(H,27,34)(H,29,33)/t18-/m1/s1. The number of ether oxygens (including phenoxy) is 1. The van der Waals surface area contributed by atoms with E-state index in [0.29, 0.717) is 18.0 Å². The number of carbonyl (C=O) groups is 2. The minimum Gasteiger partial charge on any atom is -0.379 e. The molecule has 3 aliphatic carbocycles. The van der Waals surface area contributed by atoms with Gasteiger partial charge in [-0.2, -0.15) is 0 Å². The van der Waals surface area contributed by atoms with Gasteiger partial charge in [0, 0.05) is 49.6 Å². The van der Waals surface area contributed by atoms with Gasteiger partial charge in [0.25, 0.3) is 5.91 Å². The van der Waals surface area contributed by atoms with E-state index in [1.165, 1.54) is 17.7 Å². The van der Waals surface area contributed by atoms with Gasteiger partial charge >= 0.3 is 0 Å². The summed E-state index contributed by atoms with van der Waals surface area (Å²) in [6.45, 7) is 5.95. The van der Waals surface area contributed by atoms with Crippen molar-refractivity contribution in [2.45, 2.75) is 51.0 Å². The van der Waals surface area contributed by atoms with Crippen molar-refractivity contribution in [2.24, 2.45) is 11.8 Å². The van der Waals surface area contributed by atoms with E-state index in [4.69, 9.17) is 4.74 Å². The summed E-state index contributed by atoms with van der Waals surface area (Å²) < 4.78 is 7.55. The van der Waals surface area contributed by atoms with E-state index in [1.807, 2.05) is 0 Å². The van der Waals surface area contributed by atoms with Gasteiger partial charge in [0.15, 0.2) is 0 Å². The summed E-state index contributed by atoms with van der Waals surface area (Å²) in [5, 5.41) is 18.9. The molecule has 0 bridgehead atoms. The topological polar surface area (TPSA) is 113 Å². The van der Waals surface area contributed by atoms with Crippen LogP contribution in [0.3, 0.4) is 0 Å². The van der Waals surface area contributed by atoms with E-state index in [2.05, 4.69) is 35.6 Å². The summed E-state index contributed by atoms with van der Waals surface area (Å²) in [5.74, 6) is 1.46. The van der Waals surface area contributed by atoms with E-state index < -0.39 is 0 Å². The average molecular weight is 514 g/mol. The number of hydrogen-bond acceptors (Lipinski definition) is 8. The Labute approximate surface area is 215 Å². The quantitative estimate of drug-likeness (QED) is 0.447. The second-order valence-corrected chi connectivity index (χ2v) is 11.6. The van der Waals surface area contributed by atoms with Crippen LogP contribution in [0, 0.1) is 11.8 Å². The van der Waals surface area contributed by atoms with E-state index in [-0.39, 0.29) is 23.8 Å². The lowest BCUT2D eigenvalue weighted by atomic mass is 9.91. The maximum Gasteiger partial charge on any atom is 0.254 e. The molecule has 1 atom stereocenters. The number of rotatable bonds is 10. The zero-order valence-corrected chi connectivity index (χ0v) is 21.4. The van der Waals surface area contributed by atoms with Gasteiger partial charge in [-0.3, -0.25) is 19.1 Å². The summed E-state index contributed by atoms with van der Waals surface area (Å²) in [4.78, 5) is 29.5. The van der Waals surface area contributed by atoms with Crippen molar-refractivity contribution >= 4 is 34.1 Å². The molecule has 10 nitrogen and oxygen atoms in total. The molecule has 1 aliphatic heterocycles. The Morgan fingerprint density at radius 1 is 1.14 bits per heavy atom. The molecule has 6 rings (SSSR count). The van der Waals surface area contributed by atoms with Gasteiger partial charge in [-0.15, -0.1) is 21.5 Å². The van der Waals surface area contributed by atoms with Crippen LogP contribution >= 0.6 is 11.3 Å². The Hall–Kier alpha value is -2.50. The van der Waals surface area contributed by atoms with E-state index >= 15 is 0 Å². The second-order valence-electron chi connectivity index (χ2n) is 10.5. The Morgan fingerprint density at radius 3 is 2.75 bits per heavy atom. The molecule has 1 saturated heterocycles. The average Bonchev–Trinajstić information content (AvgIpc) is 3.82. The van der Waals surface area contributed by atoms with Crippen molar-refractivity contribution in [2.75, 3.05) is 56.6 Å². The maximum atomic E-state index is 13.3. The van der Waals surface area contributed by atoms with Gasteiger partial charge in [0.1, 0.15) is 11.3 Å². The highest BCUT2D eigenvalue weighted by molar-refractivity contribution is 7.17. The molecule has 3 N–H and O–H groups in total. The molecule has 2 aromatic rings. The number of fused-ring (bicyclic) bond motifs is 1. The highest BCUT2D eigenvalue weighted by Gasteiger charge is 2.35. The molecule has 2 amide bonds. The van der Waals surface area contributed by atoms with Crippen molar-refractivity contribution in [1.82, 2.24) is 25.0 Å². The number of nitrogens with zero attached hydrogens (tertiary/aromatic N) is 4. The molecule has 3 heterocycles. The van der Waals surface area contributed by atoms with Crippen molar-refractivity contribution in [3.05, 3.63) is 22.3 Å². The molecule has 0 radical (unpaired) electrons. The first-order valence-electron chi connectivity index (χ1n) is 13.3. The van der Waals surface area contributed by atoms with Crippen LogP contribution in [0.5, 0.6) is 0 Å². The minimum absolute atomic E-state index is 0.0481. The van der Waals surface area contributed by atoms with Crippen molar-refractivity contribution in [3.63, 3.8) is 0 Å². The van der Waals surface area contributed by atoms with Gasteiger partial charge in [-0.05, 0) is 56.4 Å². The normalized spacial score (nSPS) is 22.2. The lowest BCUT2D eigenvalue weighted by Gasteiger charge is -2.27. The summed E-state index contributed by atoms with van der Waals surface area (Å²) in [7, 11) is 0. The van der Waals surface area contributed by atoms with Gasteiger partial charge < -0.3 is 20.7 Å². The molecule has 3 fully saturated rings. The summed E-state index contributed by atoms with van der Waals surface area (Å²) >= 11 is 1.58. The summed E-state index contributed by atoms with van der Waals surface area (Å²) in [6.07, 6.45) is 8.60. The number of morpholine rings is 1. The number of aromatic nitrogens is 3. The second kappa shape index (κ2) is 10.5. The number of carbonyl (C=O) groups excluding carboxylic acids is 2. The largest absolute Gasteiger partial charge is 0.379 e. The molecular weight excluding hydrogens is 478 g/mol. The minimum atomic E-state index is -0.0567. The third-order valence-electron chi connectivity index (χ3n) is 7.68. The molecular formula is C25H35N7O3S. The molecule has 2 saturated carbocycles. The summed E-state index contributed by atoms with van der Waals surface area (Å²) in [5.41, 5.74) is 1.74. The zero-order valence-electron chi connectivity index (χ0n) is 20.6. The lowest BCUT2D eigenvalue weighted by molar-refractivity contribution is -0.117. The van der Waals surface area contributed by atoms with Crippen molar-refractivity contribution in [1.29, 1.82) is 0 Å². The fourth-order valence-corrected chi connectivity index (χ4v) is 6.37. The zero-order chi connectivity index (χ0) is 24.5. The fourth-order valence-electron chi connectivity index (χ4n) is 5.12. The maximum absolute atomic E-state index is 13.3. The van der Waals surface area contributed by atoms with Crippen LogP contribution in [0.2, 0.25) is 0 Å². The van der Waals surface area contributed by atoms with Crippen LogP contribution in [-0.4, -0.2) is 77.4 Å². The number of thiophene rings is 1. The van der Waals surface area contributed by atoms with Gasteiger partial charge in [-0.1, -0.05) is 0 Å². The fraction of sp³-hybridized carbons (Fsp3) is 0.680. The Balaban J connectivity index is 1.17. The number of amides is 2. The number of anilines is 2. The number of nitrogens with one attached hydrogen (secondary N) is 3. The Kier molecular flexibility index (Phi) is 6.94. The molecule has 2 aromatic heterocycles. The van der Waals surface area contributed by atoms with E-state index in [0.717, 1.165) is 88.0 Å². The number of hydrogen-bond donors (Lipinski definition) is 3. The van der Waals surface area contributed by atoms with E-state index in [1.54, 1.807) is 17.7 Å². The predicted molar refractivity (Wildman–Crippen MR) is 138 cm³/mol. The molecule has 11 heteroatoms. The third-order valence-corrected chi connectivity index (χ3v) is 8.88. The Bertz CT molecular complexity index is 1100. The van der Waals surface area contributed by atoms with Crippen LogP contribution in [-0.2, 0) is 22.4 Å². The molecule has 4 aliphatic rings. The van der Waals surface area contributed by atoms with Crippen molar-refractivity contribution in [3.8, 4) is 0 Å². The van der Waals surface area contributed by atoms with Crippen LogP contribution < -0.4 is 16.0 Å². The van der Waals surface area contributed by atoms with Crippen LogP contribution in [0.4, 0.5) is 10.9 Å². The molecule has 0 spiro atoms. The smallest absolute Gasteiger partial charge is 0.254 e. The molecule has 0 aromatic carbocycles. The van der Waals surface area contributed by atoms with Gasteiger partial charge in [0.05, 0.1) is 18.8 Å². The molecule has 194 valence electrons. The van der Waals surface area contributed by atoms with Crippen LogP contribution in [0.1, 0.15) is 58.9 Å². The highest BCUT2D eigenvalue weighted by Crippen LogP contribution is 2.42. The Morgan fingerprint density at radius 2 is 1.97 bits per heavy atom. The van der Waals surface area contributed by atoms with Gasteiger partial charge in [0.2, 0.25) is 11.9 Å². The number of aryl methyl sites for hydroxylation is 1. The lowest BCUT2D eigenvalue weighted by Crippen LogP contribution is -2.39. The predicted octanol–water partition coefficient (Wildman–Crippen LogP) is 2.30. The van der Waals surface area contributed by atoms with Crippen LogP contribution in [0.25, 0.3) is 0 Å². The summed E-state index contributed by atoms with van der Waals surface area (Å²) in [6, 6.07) is 0.162.